The minimum atomic E-state index is -0.442. The lowest BCUT2D eigenvalue weighted by Crippen LogP contribution is -2.50. The zero-order valence-electron chi connectivity index (χ0n) is 15.5. The zero-order valence-corrected chi connectivity index (χ0v) is 15.5. The number of carbonyl (C=O) groups excluding carboxylic acids is 3. The topological polar surface area (TPSA) is 111 Å². The van der Waals surface area contributed by atoms with Gasteiger partial charge in [0.25, 0.3) is 5.91 Å². The van der Waals surface area contributed by atoms with Crippen molar-refractivity contribution in [2.45, 2.75) is 31.8 Å². The van der Waals surface area contributed by atoms with Gasteiger partial charge in [0.2, 0.25) is 11.8 Å². The van der Waals surface area contributed by atoms with Crippen LogP contribution in [0.15, 0.2) is 54.6 Å². The average molecular weight is 381 g/mol. The van der Waals surface area contributed by atoms with Crippen molar-refractivity contribution < 1.29 is 14.4 Å². The van der Waals surface area contributed by atoms with Crippen LogP contribution < -0.4 is 27.0 Å². The molecule has 3 rings (SSSR count). The summed E-state index contributed by atoms with van der Waals surface area (Å²) in [5.74, 6) is -0.788. The number of nitrogens with one attached hydrogen (secondary N) is 5. The predicted octanol–water partition coefficient (Wildman–Crippen LogP) is 0.943. The number of anilines is 1. The molecular formula is C20H23N5O3. The molecule has 146 valence electrons. The summed E-state index contributed by atoms with van der Waals surface area (Å²) in [7, 11) is 0. The Labute approximate surface area is 163 Å². The summed E-state index contributed by atoms with van der Waals surface area (Å²) in [5, 5.41) is 2.66. The van der Waals surface area contributed by atoms with Gasteiger partial charge in [-0.1, -0.05) is 42.5 Å². The van der Waals surface area contributed by atoms with Gasteiger partial charge in [-0.3, -0.25) is 25.2 Å². The summed E-state index contributed by atoms with van der Waals surface area (Å²) in [6.07, 6.45) is 0.694. The van der Waals surface area contributed by atoms with E-state index in [0.29, 0.717) is 12.1 Å². The van der Waals surface area contributed by atoms with Gasteiger partial charge < -0.3 is 5.32 Å². The molecule has 2 unspecified atom stereocenters. The van der Waals surface area contributed by atoms with Gasteiger partial charge in [-0.15, -0.1) is 0 Å². The lowest BCUT2D eigenvalue weighted by atomic mass is 10.0. The van der Waals surface area contributed by atoms with E-state index in [0.717, 1.165) is 11.1 Å². The summed E-state index contributed by atoms with van der Waals surface area (Å²) < 4.78 is 0. The second-order valence-electron chi connectivity index (χ2n) is 6.63. The van der Waals surface area contributed by atoms with Gasteiger partial charge in [-0.25, -0.2) is 10.9 Å². The van der Waals surface area contributed by atoms with E-state index in [1.54, 1.807) is 24.3 Å². The smallest absolute Gasteiger partial charge is 0.256 e. The van der Waals surface area contributed by atoms with Gasteiger partial charge in [-0.2, -0.15) is 0 Å². The van der Waals surface area contributed by atoms with Gasteiger partial charge in [0, 0.05) is 18.7 Å². The molecule has 0 radical (unpaired) electrons. The highest BCUT2D eigenvalue weighted by Gasteiger charge is 2.30. The molecule has 5 N–H and O–H groups in total. The Balaban J connectivity index is 1.43. The SMILES string of the molecule is CC(=O)Nc1ccc(CC(=O)NNC(=O)C2CC(c3ccccc3)NN2)cc1. The van der Waals surface area contributed by atoms with Crippen molar-refractivity contribution in [1.29, 1.82) is 0 Å². The molecule has 1 heterocycles. The monoisotopic (exact) mass is 381 g/mol. The fourth-order valence-electron chi connectivity index (χ4n) is 2.99. The third-order valence-corrected chi connectivity index (χ3v) is 4.39. The first-order chi connectivity index (χ1) is 13.5. The third kappa shape index (κ3) is 5.38. The number of hydrogen-bond acceptors (Lipinski definition) is 5. The van der Waals surface area contributed by atoms with Gasteiger partial charge in [0.05, 0.1) is 6.42 Å². The Bertz CT molecular complexity index is 839. The molecule has 8 heteroatoms. The second kappa shape index (κ2) is 9.12. The summed E-state index contributed by atoms with van der Waals surface area (Å²) >= 11 is 0. The van der Waals surface area contributed by atoms with Crippen molar-refractivity contribution in [3.63, 3.8) is 0 Å². The van der Waals surface area contributed by atoms with Crippen LogP contribution in [0.2, 0.25) is 0 Å². The second-order valence-corrected chi connectivity index (χ2v) is 6.63. The molecule has 1 saturated heterocycles. The van der Waals surface area contributed by atoms with E-state index in [9.17, 15) is 14.4 Å². The number of hydrazine groups is 2. The highest BCUT2D eigenvalue weighted by Crippen LogP contribution is 2.21. The van der Waals surface area contributed by atoms with Crippen LogP contribution >= 0.6 is 0 Å². The standard InChI is InChI=1S/C20H23N5O3/c1-13(26)21-16-9-7-14(8-10-16)11-19(27)24-25-20(28)18-12-17(22-23-18)15-5-3-2-4-6-15/h2-10,17-18,22-23H,11-12H2,1H3,(H,21,26)(H,24,27)(H,25,28). The van der Waals surface area contributed by atoms with Gasteiger partial charge in [0.15, 0.2) is 0 Å². The lowest BCUT2D eigenvalue weighted by Gasteiger charge is -2.12. The molecule has 1 aliphatic rings. The van der Waals surface area contributed by atoms with E-state index >= 15 is 0 Å². The maximum atomic E-state index is 12.3. The van der Waals surface area contributed by atoms with Crippen LogP contribution in [0, 0.1) is 0 Å². The first kappa shape index (κ1) is 19.5. The number of amides is 3. The quantitative estimate of drug-likeness (QED) is 0.495. The molecule has 1 aliphatic heterocycles. The Morgan fingerprint density at radius 3 is 2.36 bits per heavy atom. The number of hydrogen-bond donors (Lipinski definition) is 5. The molecule has 1 fully saturated rings. The van der Waals surface area contributed by atoms with Crippen LogP contribution in [0.5, 0.6) is 0 Å². The molecule has 0 bridgehead atoms. The van der Waals surface area contributed by atoms with Crippen molar-refractivity contribution in [2.24, 2.45) is 0 Å². The van der Waals surface area contributed by atoms with Crippen LogP contribution in [-0.4, -0.2) is 23.8 Å². The van der Waals surface area contributed by atoms with Crippen molar-refractivity contribution in [3.8, 4) is 0 Å². The normalized spacial score (nSPS) is 18.3. The predicted molar refractivity (Wildman–Crippen MR) is 105 cm³/mol. The zero-order chi connectivity index (χ0) is 19.9. The molecule has 2 atom stereocenters. The fourth-order valence-corrected chi connectivity index (χ4v) is 2.99. The number of benzene rings is 2. The van der Waals surface area contributed by atoms with E-state index in [4.69, 9.17) is 0 Å². The molecule has 0 aromatic heterocycles. The molecule has 2 aromatic rings. The van der Waals surface area contributed by atoms with Crippen LogP contribution in [0.1, 0.15) is 30.5 Å². The van der Waals surface area contributed by atoms with Crippen molar-refractivity contribution >= 4 is 23.4 Å². The van der Waals surface area contributed by atoms with E-state index in [1.807, 2.05) is 30.3 Å². The summed E-state index contributed by atoms with van der Waals surface area (Å²) in [6.45, 7) is 1.43. The third-order valence-electron chi connectivity index (χ3n) is 4.39. The van der Waals surface area contributed by atoms with Gasteiger partial charge in [0.1, 0.15) is 6.04 Å². The fraction of sp³-hybridized carbons (Fsp3) is 0.250. The highest BCUT2D eigenvalue weighted by molar-refractivity contribution is 5.89. The summed E-state index contributed by atoms with van der Waals surface area (Å²) in [4.78, 5) is 35.3. The minimum absolute atomic E-state index is 0.0368. The van der Waals surface area contributed by atoms with Crippen LogP contribution in [-0.2, 0) is 20.8 Å². The molecule has 0 spiro atoms. The van der Waals surface area contributed by atoms with Crippen molar-refractivity contribution in [1.82, 2.24) is 21.7 Å². The van der Waals surface area contributed by atoms with Crippen LogP contribution in [0.4, 0.5) is 5.69 Å². The molecule has 3 amide bonds. The number of rotatable bonds is 5. The van der Waals surface area contributed by atoms with Crippen molar-refractivity contribution in [2.75, 3.05) is 5.32 Å². The highest BCUT2D eigenvalue weighted by atomic mass is 16.2. The van der Waals surface area contributed by atoms with E-state index in [-0.39, 0.29) is 30.2 Å². The van der Waals surface area contributed by atoms with Crippen LogP contribution in [0.25, 0.3) is 0 Å². The number of carbonyl (C=O) groups is 3. The Hall–Kier alpha value is -3.23. The van der Waals surface area contributed by atoms with E-state index in [2.05, 4.69) is 27.0 Å². The molecule has 0 aliphatic carbocycles. The largest absolute Gasteiger partial charge is 0.326 e. The Morgan fingerprint density at radius 2 is 1.68 bits per heavy atom. The van der Waals surface area contributed by atoms with Gasteiger partial charge >= 0.3 is 0 Å². The molecule has 28 heavy (non-hydrogen) atoms. The first-order valence-electron chi connectivity index (χ1n) is 9.02. The van der Waals surface area contributed by atoms with Gasteiger partial charge in [-0.05, 0) is 29.7 Å². The molecule has 8 nitrogen and oxygen atoms in total. The maximum Gasteiger partial charge on any atom is 0.256 e. The minimum Gasteiger partial charge on any atom is -0.326 e. The van der Waals surface area contributed by atoms with E-state index in [1.165, 1.54) is 6.92 Å². The maximum absolute atomic E-state index is 12.3. The van der Waals surface area contributed by atoms with Crippen LogP contribution in [0.3, 0.4) is 0 Å². The average Bonchev–Trinajstić information content (AvgIpc) is 3.18. The first-order valence-corrected chi connectivity index (χ1v) is 9.02. The van der Waals surface area contributed by atoms with Crippen molar-refractivity contribution in [3.05, 3.63) is 65.7 Å². The molecule has 2 aromatic carbocycles. The molecule has 0 saturated carbocycles. The molecular weight excluding hydrogens is 358 g/mol. The summed E-state index contributed by atoms with van der Waals surface area (Å²) in [5.41, 5.74) is 13.5. The van der Waals surface area contributed by atoms with E-state index < -0.39 is 6.04 Å². The Kier molecular flexibility index (Phi) is 6.36. The summed E-state index contributed by atoms with van der Waals surface area (Å²) in [6, 6.07) is 16.4. The lowest BCUT2D eigenvalue weighted by molar-refractivity contribution is -0.129. The Morgan fingerprint density at radius 1 is 0.964 bits per heavy atom.